The Hall–Kier alpha value is -1.31. The van der Waals surface area contributed by atoms with Crippen LogP contribution in [0.5, 0.6) is 0 Å². The van der Waals surface area contributed by atoms with E-state index in [4.69, 9.17) is 4.74 Å². The lowest BCUT2D eigenvalue weighted by Crippen LogP contribution is -2.41. The maximum atomic E-state index is 12.0. The minimum atomic E-state index is 0.0302. The van der Waals surface area contributed by atoms with Crippen molar-refractivity contribution >= 4 is 5.97 Å². The van der Waals surface area contributed by atoms with Gasteiger partial charge in [-0.1, -0.05) is 31.2 Å². The molecule has 0 saturated carbocycles. The molecule has 3 unspecified atom stereocenters. The average molecular weight is 230 g/mol. The van der Waals surface area contributed by atoms with Crippen LogP contribution in [0.4, 0.5) is 0 Å². The van der Waals surface area contributed by atoms with Gasteiger partial charge < -0.3 is 4.74 Å². The topological polar surface area (TPSA) is 26.3 Å². The number of cyclic esters (lactones) is 1. The summed E-state index contributed by atoms with van der Waals surface area (Å²) in [5.74, 6) is 0.631. The van der Waals surface area contributed by atoms with Gasteiger partial charge in [0.2, 0.25) is 0 Å². The van der Waals surface area contributed by atoms with Crippen LogP contribution in [0.2, 0.25) is 0 Å². The zero-order valence-electron chi connectivity index (χ0n) is 10.2. The van der Waals surface area contributed by atoms with E-state index in [9.17, 15) is 4.79 Å². The number of rotatable bonds is 1. The number of hydrogen-bond donors (Lipinski definition) is 0. The Kier molecular flexibility index (Phi) is 2.65. The van der Waals surface area contributed by atoms with E-state index in [1.165, 1.54) is 11.1 Å². The van der Waals surface area contributed by atoms with Crippen molar-refractivity contribution in [1.29, 1.82) is 0 Å². The standard InChI is InChI=1S/C15H18O2/c1-2-13-8-12-7-10-5-3-4-6-11(10)9-14(12)15(16)17-13/h3-6,12-14H,2,7-9H2,1H3. The number of ether oxygens (including phenoxy) is 1. The zero-order chi connectivity index (χ0) is 11.8. The molecule has 2 aliphatic rings. The van der Waals surface area contributed by atoms with Crippen LogP contribution in [0.15, 0.2) is 24.3 Å². The van der Waals surface area contributed by atoms with Crippen LogP contribution in [0.3, 0.4) is 0 Å². The summed E-state index contributed by atoms with van der Waals surface area (Å²) in [4.78, 5) is 12.0. The molecule has 0 N–H and O–H groups in total. The fourth-order valence-corrected chi connectivity index (χ4v) is 3.19. The summed E-state index contributed by atoms with van der Waals surface area (Å²) in [6, 6.07) is 8.50. The summed E-state index contributed by atoms with van der Waals surface area (Å²) < 4.78 is 5.48. The van der Waals surface area contributed by atoms with Crippen LogP contribution in [0, 0.1) is 11.8 Å². The zero-order valence-corrected chi connectivity index (χ0v) is 10.2. The van der Waals surface area contributed by atoms with Gasteiger partial charge in [0.1, 0.15) is 6.10 Å². The van der Waals surface area contributed by atoms with Crippen LogP contribution in [-0.2, 0) is 22.4 Å². The molecule has 1 fully saturated rings. The first-order valence-electron chi connectivity index (χ1n) is 6.55. The summed E-state index contributed by atoms with van der Waals surface area (Å²) in [6.45, 7) is 2.09. The Bertz CT molecular complexity index is 438. The van der Waals surface area contributed by atoms with E-state index in [0.717, 1.165) is 25.7 Å². The summed E-state index contributed by atoms with van der Waals surface area (Å²) in [5.41, 5.74) is 2.76. The molecule has 1 aliphatic heterocycles. The lowest BCUT2D eigenvalue weighted by atomic mass is 9.72. The van der Waals surface area contributed by atoms with E-state index in [1.807, 2.05) is 0 Å². The molecule has 2 heteroatoms. The summed E-state index contributed by atoms with van der Waals surface area (Å²) in [5, 5.41) is 0. The van der Waals surface area contributed by atoms with Crippen LogP contribution in [0.25, 0.3) is 0 Å². The van der Waals surface area contributed by atoms with Crippen molar-refractivity contribution in [3.05, 3.63) is 35.4 Å². The SMILES string of the molecule is CCC1CC2Cc3ccccc3CC2C(=O)O1. The molecule has 0 amide bonds. The highest BCUT2D eigenvalue weighted by Gasteiger charge is 2.40. The van der Waals surface area contributed by atoms with Crippen molar-refractivity contribution in [2.75, 3.05) is 0 Å². The molecular weight excluding hydrogens is 212 g/mol. The highest BCUT2D eigenvalue weighted by atomic mass is 16.5. The van der Waals surface area contributed by atoms with Gasteiger partial charge in [0, 0.05) is 0 Å². The maximum Gasteiger partial charge on any atom is 0.309 e. The molecule has 1 aromatic rings. The van der Waals surface area contributed by atoms with Crippen molar-refractivity contribution in [2.24, 2.45) is 11.8 Å². The van der Waals surface area contributed by atoms with Crippen LogP contribution in [0.1, 0.15) is 30.9 Å². The Morgan fingerprint density at radius 1 is 1.24 bits per heavy atom. The molecule has 0 radical (unpaired) electrons. The highest BCUT2D eigenvalue weighted by Crippen LogP contribution is 2.38. The van der Waals surface area contributed by atoms with Gasteiger partial charge in [0.25, 0.3) is 0 Å². The smallest absolute Gasteiger partial charge is 0.309 e. The fourth-order valence-electron chi connectivity index (χ4n) is 3.19. The first-order chi connectivity index (χ1) is 8.28. The third-order valence-corrected chi connectivity index (χ3v) is 4.22. The number of fused-ring (bicyclic) bond motifs is 2. The monoisotopic (exact) mass is 230 g/mol. The van der Waals surface area contributed by atoms with Gasteiger partial charge in [-0.3, -0.25) is 4.79 Å². The fraction of sp³-hybridized carbons (Fsp3) is 0.533. The van der Waals surface area contributed by atoms with Crippen molar-refractivity contribution in [1.82, 2.24) is 0 Å². The number of carbonyl (C=O) groups excluding carboxylic acids is 1. The molecular formula is C15H18O2. The molecule has 1 aliphatic carbocycles. The molecule has 90 valence electrons. The number of hydrogen-bond acceptors (Lipinski definition) is 2. The van der Waals surface area contributed by atoms with E-state index >= 15 is 0 Å². The predicted octanol–water partition coefficient (Wildman–Crippen LogP) is 2.74. The maximum absolute atomic E-state index is 12.0. The minimum Gasteiger partial charge on any atom is -0.462 e. The second-order valence-corrected chi connectivity index (χ2v) is 5.25. The van der Waals surface area contributed by atoms with Gasteiger partial charge in [-0.2, -0.15) is 0 Å². The van der Waals surface area contributed by atoms with Crippen LogP contribution < -0.4 is 0 Å². The molecule has 1 heterocycles. The molecule has 17 heavy (non-hydrogen) atoms. The third kappa shape index (κ3) is 1.86. The largest absolute Gasteiger partial charge is 0.462 e. The van der Waals surface area contributed by atoms with E-state index in [-0.39, 0.29) is 18.0 Å². The molecule has 1 saturated heterocycles. The molecule has 0 aromatic heterocycles. The molecule has 2 nitrogen and oxygen atoms in total. The minimum absolute atomic E-state index is 0.0302. The van der Waals surface area contributed by atoms with Crippen molar-refractivity contribution in [3.8, 4) is 0 Å². The Balaban J connectivity index is 1.88. The van der Waals surface area contributed by atoms with Gasteiger partial charge in [0.05, 0.1) is 5.92 Å². The van der Waals surface area contributed by atoms with Gasteiger partial charge in [-0.15, -0.1) is 0 Å². The number of carbonyl (C=O) groups is 1. The van der Waals surface area contributed by atoms with Gasteiger partial charge in [-0.05, 0) is 42.7 Å². The number of benzene rings is 1. The Labute approximate surface area is 102 Å². The summed E-state index contributed by atoms with van der Waals surface area (Å²) in [7, 11) is 0. The average Bonchev–Trinajstić information content (AvgIpc) is 2.36. The Morgan fingerprint density at radius 2 is 1.94 bits per heavy atom. The molecule has 0 spiro atoms. The molecule has 3 rings (SSSR count). The summed E-state index contributed by atoms with van der Waals surface area (Å²) >= 11 is 0. The third-order valence-electron chi connectivity index (χ3n) is 4.22. The van der Waals surface area contributed by atoms with Crippen LogP contribution in [-0.4, -0.2) is 12.1 Å². The summed E-state index contributed by atoms with van der Waals surface area (Å²) in [6.07, 6.45) is 4.05. The first kappa shape index (κ1) is 10.8. The quantitative estimate of drug-likeness (QED) is 0.693. The lowest BCUT2D eigenvalue weighted by Gasteiger charge is -2.38. The van der Waals surface area contributed by atoms with Gasteiger partial charge >= 0.3 is 5.97 Å². The normalized spacial score (nSPS) is 31.4. The lowest BCUT2D eigenvalue weighted by molar-refractivity contribution is -0.165. The van der Waals surface area contributed by atoms with Crippen molar-refractivity contribution < 1.29 is 9.53 Å². The second kappa shape index (κ2) is 4.17. The van der Waals surface area contributed by atoms with Gasteiger partial charge in [0.15, 0.2) is 0 Å². The Morgan fingerprint density at radius 3 is 2.65 bits per heavy atom. The predicted molar refractivity (Wildman–Crippen MR) is 65.6 cm³/mol. The molecule has 1 aromatic carbocycles. The van der Waals surface area contributed by atoms with E-state index in [1.54, 1.807) is 0 Å². The second-order valence-electron chi connectivity index (χ2n) is 5.25. The van der Waals surface area contributed by atoms with Crippen molar-refractivity contribution in [3.63, 3.8) is 0 Å². The van der Waals surface area contributed by atoms with E-state index in [0.29, 0.717) is 5.92 Å². The van der Waals surface area contributed by atoms with E-state index < -0.39 is 0 Å². The van der Waals surface area contributed by atoms with Crippen LogP contribution >= 0.6 is 0 Å². The number of esters is 1. The highest BCUT2D eigenvalue weighted by molar-refractivity contribution is 5.74. The molecule has 0 bridgehead atoms. The first-order valence-corrected chi connectivity index (χ1v) is 6.55. The van der Waals surface area contributed by atoms with E-state index in [2.05, 4.69) is 31.2 Å². The van der Waals surface area contributed by atoms with Crippen molar-refractivity contribution in [2.45, 2.75) is 38.7 Å². The van der Waals surface area contributed by atoms with Gasteiger partial charge in [-0.25, -0.2) is 0 Å². The molecule has 3 atom stereocenters.